The summed E-state index contributed by atoms with van der Waals surface area (Å²) in [4.78, 5) is 28.2. The van der Waals surface area contributed by atoms with E-state index in [1.165, 1.54) is 35.2 Å². The van der Waals surface area contributed by atoms with Crippen molar-refractivity contribution in [2.45, 2.75) is 44.2 Å². The minimum atomic E-state index is -4.21. The van der Waals surface area contributed by atoms with E-state index in [4.69, 9.17) is 34.8 Å². The summed E-state index contributed by atoms with van der Waals surface area (Å²) in [6.45, 7) is 3.57. The molecule has 7 nitrogen and oxygen atoms in total. The molecule has 1 atom stereocenters. The monoisotopic (exact) mass is 609 g/mol. The molecule has 208 valence electrons. The third-order valence-corrected chi connectivity index (χ3v) is 8.48. The lowest BCUT2D eigenvalue weighted by molar-refractivity contribution is -0.139. The molecule has 2 amide bonds. The first-order valence-corrected chi connectivity index (χ1v) is 15.0. The van der Waals surface area contributed by atoms with E-state index in [0.717, 1.165) is 22.7 Å². The summed E-state index contributed by atoms with van der Waals surface area (Å²) in [5.74, 6) is -0.923. The summed E-state index contributed by atoms with van der Waals surface area (Å²) in [6, 6.07) is 18.1. The van der Waals surface area contributed by atoms with Gasteiger partial charge in [0.1, 0.15) is 12.6 Å². The highest BCUT2D eigenvalue weighted by molar-refractivity contribution is 7.92. The standard InChI is InChI=1S/C28H30Cl3N3O4S/c1-3-4-14-32-28(36)20(2)33(18-21-10-12-22(29)13-11-21)27(35)19-34(25-16-23(30)15-24(31)17-25)39(37,38)26-8-6-5-7-9-26/h5-13,15-17,20H,3-4,14,18-19H2,1-2H3,(H,32,36)/t20-/m0/s1. The molecule has 11 heteroatoms. The van der Waals surface area contributed by atoms with Gasteiger partial charge in [0.25, 0.3) is 10.0 Å². The lowest BCUT2D eigenvalue weighted by atomic mass is 10.1. The Balaban J connectivity index is 2.01. The zero-order valence-electron chi connectivity index (χ0n) is 21.6. The third kappa shape index (κ3) is 8.35. The Morgan fingerprint density at radius 3 is 2.10 bits per heavy atom. The Bertz CT molecular complexity index is 1370. The van der Waals surface area contributed by atoms with Crippen molar-refractivity contribution in [2.24, 2.45) is 0 Å². The fraction of sp³-hybridized carbons (Fsp3) is 0.286. The lowest BCUT2D eigenvalue weighted by Crippen LogP contribution is -2.51. The smallest absolute Gasteiger partial charge is 0.264 e. The summed E-state index contributed by atoms with van der Waals surface area (Å²) < 4.78 is 28.5. The Morgan fingerprint density at radius 1 is 0.897 bits per heavy atom. The van der Waals surface area contributed by atoms with Gasteiger partial charge in [0.15, 0.2) is 0 Å². The molecular weight excluding hydrogens is 581 g/mol. The second kappa shape index (κ2) is 14.0. The maximum Gasteiger partial charge on any atom is 0.264 e. The van der Waals surface area contributed by atoms with Crippen LogP contribution >= 0.6 is 34.8 Å². The Labute approximate surface area is 244 Å². The molecule has 0 aliphatic heterocycles. The van der Waals surface area contributed by atoms with E-state index in [1.807, 2.05) is 6.92 Å². The number of nitrogens with one attached hydrogen (secondary N) is 1. The van der Waals surface area contributed by atoms with Crippen LogP contribution in [0.3, 0.4) is 0 Å². The first-order chi connectivity index (χ1) is 18.5. The van der Waals surface area contributed by atoms with Gasteiger partial charge in [-0.2, -0.15) is 0 Å². The van der Waals surface area contributed by atoms with Crippen molar-refractivity contribution < 1.29 is 18.0 Å². The van der Waals surface area contributed by atoms with Crippen molar-refractivity contribution in [1.82, 2.24) is 10.2 Å². The third-order valence-electron chi connectivity index (χ3n) is 6.01. The van der Waals surface area contributed by atoms with E-state index in [2.05, 4.69) is 5.32 Å². The molecule has 0 spiro atoms. The van der Waals surface area contributed by atoms with Gasteiger partial charge in [0.05, 0.1) is 10.6 Å². The number of halogens is 3. The predicted octanol–water partition coefficient (Wildman–Crippen LogP) is 6.18. The lowest BCUT2D eigenvalue weighted by Gasteiger charge is -2.32. The van der Waals surface area contributed by atoms with Crippen LogP contribution in [0.5, 0.6) is 0 Å². The van der Waals surface area contributed by atoms with Crippen LogP contribution in [-0.4, -0.2) is 44.3 Å². The molecule has 0 saturated carbocycles. The molecule has 0 bridgehead atoms. The molecule has 0 unspecified atom stereocenters. The van der Waals surface area contributed by atoms with Crippen molar-refractivity contribution in [3.63, 3.8) is 0 Å². The molecule has 0 saturated heterocycles. The number of hydrogen-bond donors (Lipinski definition) is 1. The molecule has 0 fully saturated rings. The number of sulfonamides is 1. The molecule has 3 aromatic rings. The average Bonchev–Trinajstić information content (AvgIpc) is 2.90. The number of hydrogen-bond acceptors (Lipinski definition) is 4. The molecule has 0 aliphatic carbocycles. The molecule has 3 rings (SSSR count). The van der Waals surface area contributed by atoms with Gasteiger partial charge in [-0.3, -0.25) is 13.9 Å². The van der Waals surface area contributed by atoms with E-state index in [9.17, 15) is 18.0 Å². The topological polar surface area (TPSA) is 86.8 Å². The fourth-order valence-electron chi connectivity index (χ4n) is 3.84. The largest absolute Gasteiger partial charge is 0.354 e. The van der Waals surface area contributed by atoms with Crippen molar-refractivity contribution in [3.8, 4) is 0 Å². The molecule has 0 aliphatic rings. The van der Waals surface area contributed by atoms with Crippen molar-refractivity contribution in [3.05, 3.63) is 93.4 Å². The molecule has 3 aromatic carbocycles. The molecule has 0 heterocycles. The molecule has 1 N–H and O–H groups in total. The maximum absolute atomic E-state index is 13.9. The number of rotatable bonds is 12. The molecule has 39 heavy (non-hydrogen) atoms. The first kappa shape index (κ1) is 30.8. The SMILES string of the molecule is CCCCNC(=O)[C@H](C)N(Cc1ccc(Cl)cc1)C(=O)CN(c1cc(Cl)cc(Cl)c1)S(=O)(=O)c1ccccc1. The van der Waals surface area contributed by atoms with Crippen LogP contribution < -0.4 is 9.62 Å². The molecular formula is C28H30Cl3N3O4S. The number of nitrogens with zero attached hydrogens (tertiary/aromatic N) is 2. The Kier molecular flexibility index (Phi) is 11.1. The predicted molar refractivity (Wildman–Crippen MR) is 157 cm³/mol. The summed E-state index contributed by atoms with van der Waals surface area (Å²) in [5.41, 5.74) is 0.848. The summed E-state index contributed by atoms with van der Waals surface area (Å²) in [7, 11) is -4.21. The van der Waals surface area contributed by atoms with Crippen molar-refractivity contribution >= 4 is 62.3 Å². The highest BCUT2D eigenvalue weighted by Crippen LogP contribution is 2.30. The van der Waals surface area contributed by atoms with Gasteiger partial charge in [0, 0.05) is 28.2 Å². The first-order valence-electron chi connectivity index (χ1n) is 12.4. The number of carbonyl (C=O) groups excluding carboxylic acids is 2. The number of amides is 2. The van der Waals surface area contributed by atoms with Gasteiger partial charge in [-0.15, -0.1) is 0 Å². The number of anilines is 1. The van der Waals surface area contributed by atoms with Crippen LogP contribution in [0.4, 0.5) is 5.69 Å². The number of unbranched alkanes of at least 4 members (excludes halogenated alkanes) is 1. The highest BCUT2D eigenvalue weighted by atomic mass is 35.5. The van der Waals surface area contributed by atoms with E-state index < -0.39 is 28.5 Å². The van der Waals surface area contributed by atoms with Crippen molar-refractivity contribution in [2.75, 3.05) is 17.4 Å². The van der Waals surface area contributed by atoms with Crippen molar-refractivity contribution in [1.29, 1.82) is 0 Å². The van der Waals surface area contributed by atoms with Crippen LogP contribution in [0.1, 0.15) is 32.3 Å². The zero-order valence-corrected chi connectivity index (χ0v) is 24.7. The maximum atomic E-state index is 13.9. The van der Waals surface area contributed by atoms with E-state index >= 15 is 0 Å². The van der Waals surface area contributed by atoms with Gasteiger partial charge >= 0.3 is 0 Å². The zero-order chi connectivity index (χ0) is 28.6. The minimum absolute atomic E-state index is 0.0106. The van der Waals surface area contributed by atoms with Crippen LogP contribution in [0.15, 0.2) is 77.7 Å². The normalized spacial score (nSPS) is 12.0. The second-order valence-corrected chi connectivity index (χ2v) is 12.1. The van der Waals surface area contributed by atoms with E-state index in [-0.39, 0.29) is 33.1 Å². The van der Waals surface area contributed by atoms with Gasteiger partial charge < -0.3 is 10.2 Å². The minimum Gasteiger partial charge on any atom is -0.354 e. The summed E-state index contributed by atoms with van der Waals surface area (Å²) >= 11 is 18.4. The van der Waals surface area contributed by atoms with Gasteiger partial charge in [-0.25, -0.2) is 8.42 Å². The molecule has 0 radical (unpaired) electrons. The van der Waals surface area contributed by atoms with Crippen LogP contribution in [-0.2, 0) is 26.2 Å². The average molecular weight is 611 g/mol. The highest BCUT2D eigenvalue weighted by Gasteiger charge is 2.32. The summed E-state index contributed by atoms with van der Waals surface area (Å²) in [6.07, 6.45) is 1.69. The molecule has 0 aromatic heterocycles. The second-order valence-electron chi connectivity index (χ2n) is 8.92. The van der Waals surface area contributed by atoms with Gasteiger partial charge in [-0.05, 0) is 61.4 Å². The fourth-order valence-corrected chi connectivity index (χ4v) is 5.90. The van der Waals surface area contributed by atoms with E-state index in [0.29, 0.717) is 11.6 Å². The van der Waals surface area contributed by atoms with Crippen LogP contribution in [0.25, 0.3) is 0 Å². The van der Waals surface area contributed by atoms with E-state index in [1.54, 1.807) is 49.4 Å². The number of benzene rings is 3. The number of carbonyl (C=O) groups is 2. The summed E-state index contributed by atoms with van der Waals surface area (Å²) in [5, 5.41) is 3.79. The quantitative estimate of drug-likeness (QED) is 0.248. The van der Waals surface area contributed by atoms with Crippen LogP contribution in [0, 0.1) is 0 Å². The Morgan fingerprint density at radius 2 is 1.51 bits per heavy atom. The van der Waals surface area contributed by atoms with Crippen LogP contribution in [0.2, 0.25) is 15.1 Å². The van der Waals surface area contributed by atoms with Gasteiger partial charge in [-0.1, -0.05) is 78.5 Å². The van der Waals surface area contributed by atoms with Gasteiger partial charge in [0.2, 0.25) is 11.8 Å². The Hall–Kier alpha value is -2.78.